The van der Waals surface area contributed by atoms with E-state index in [2.05, 4.69) is 10.6 Å². The molecule has 0 aliphatic carbocycles. The molecule has 2 amide bonds. The minimum atomic E-state index is -0.468. The predicted octanol–water partition coefficient (Wildman–Crippen LogP) is 2.80. The van der Waals surface area contributed by atoms with Crippen molar-refractivity contribution in [2.24, 2.45) is 0 Å². The zero-order chi connectivity index (χ0) is 19.2. The Morgan fingerprint density at radius 2 is 1.78 bits per heavy atom. The first-order valence-electron chi connectivity index (χ1n) is 8.84. The minimum Gasteiger partial charge on any atom is -0.349 e. The van der Waals surface area contributed by atoms with Gasteiger partial charge in [-0.15, -0.1) is 0 Å². The van der Waals surface area contributed by atoms with Crippen LogP contribution in [0.1, 0.15) is 23.2 Å². The molecule has 0 unspecified atom stereocenters. The molecule has 1 aliphatic heterocycles. The fourth-order valence-electron chi connectivity index (χ4n) is 3.09. The Hall–Kier alpha value is -2.80. The van der Waals surface area contributed by atoms with Crippen LogP contribution in [0, 0.1) is 11.6 Å². The van der Waals surface area contributed by atoms with Crippen LogP contribution in [-0.4, -0.2) is 42.4 Å². The number of rotatable bonds is 5. The van der Waals surface area contributed by atoms with Crippen LogP contribution in [0.5, 0.6) is 0 Å². The molecule has 27 heavy (non-hydrogen) atoms. The van der Waals surface area contributed by atoms with Crippen LogP contribution < -0.4 is 10.6 Å². The number of para-hydroxylation sites is 1. The molecule has 1 saturated heterocycles. The van der Waals surface area contributed by atoms with Gasteiger partial charge in [0.1, 0.15) is 11.6 Å². The number of piperidine rings is 1. The van der Waals surface area contributed by atoms with E-state index in [4.69, 9.17) is 0 Å². The van der Waals surface area contributed by atoms with Crippen LogP contribution in [0.25, 0.3) is 0 Å². The zero-order valence-corrected chi connectivity index (χ0v) is 14.8. The Labute approximate surface area is 156 Å². The van der Waals surface area contributed by atoms with Gasteiger partial charge in [-0.1, -0.05) is 18.2 Å². The van der Waals surface area contributed by atoms with E-state index < -0.39 is 11.6 Å². The first-order valence-corrected chi connectivity index (χ1v) is 8.84. The molecule has 142 valence electrons. The summed E-state index contributed by atoms with van der Waals surface area (Å²) in [6.07, 6.45) is 1.38. The van der Waals surface area contributed by atoms with Crippen LogP contribution in [0.2, 0.25) is 0 Å². The summed E-state index contributed by atoms with van der Waals surface area (Å²) in [6, 6.07) is 11.6. The smallest absolute Gasteiger partial charge is 0.251 e. The molecule has 0 atom stereocenters. The van der Waals surface area contributed by atoms with Gasteiger partial charge in [0.2, 0.25) is 5.91 Å². The van der Waals surface area contributed by atoms with Crippen molar-refractivity contribution in [2.45, 2.75) is 18.9 Å². The molecular weight excluding hydrogens is 352 g/mol. The normalized spacial score (nSPS) is 15.3. The second-order valence-corrected chi connectivity index (χ2v) is 6.56. The third-order valence-corrected chi connectivity index (χ3v) is 4.52. The van der Waals surface area contributed by atoms with E-state index in [1.807, 2.05) is 4.90 Å². The van der Waals surface area contributed by atoms with E-state index in [1.165, 1.54) is 30.3 Å². The predicted molar refractivity (Wildman–Crippen MR) is 98.4 cm³/mol. The number of nitrogens with one attached hydrogen (secondary N) is 2. The van der Waals surface area contributed by atoms with Gasteiger partial charge in [-0.2, -0.15) is 0 Å². The number of amides is 2. The van der Waals surface area contributed by atoms with Crippen LogP contribution in [0.4, 0.5) is 14.5 Å². The molecule has 0 aromatic heterocycles. The molecule has 0 radical (unpaired) electrons. The van der Waals surface area contributed by atoms with Crippen molar-refractivity contribution in [3.05, 3.63) is 65.7 Å². The molecule has 0 saturated carbocycles. The minimum absolute atomic E-state index is 0.0216. The van der Waals surface area contributed by atoms with Crippen molar-refractivity contribution in [2.75, 3.05) is 25.0 Å². The van der Waals surface area contributed by atoms with Gasteiger partial charge < -0.3 is 10.6 Å². The van der Waals surface area contributed by atoms with Gasteiger partial charge in [0, 0.05) is 24.7 Å². The van der Waals surface area contributed by atoms with Crippen molar-refractivity contribution in [3.8, 4) is 0 Å². The Bertz CT molecular complexity index is 820. The standard InChI is InChI=1S/C20H21F2N3O2/c21-15-5-3-4-14(12-15)20(27)23-16-8-10-25(11-9-16)13-19(26)24-18-7-2-1-6-17(18)22/h1-7,12,16H,8-11,13H2,(H,23,27)(H,24,26). The molecule has 0 bridgehead atoms. The number of anilines is 1. The summed E-state index contributed by atoms with van der Waals surface area (Å²) in [7, 11) is 0. The van der Waals surface area contributed by atoms with Gasteiger partial charge >= 0.3 is 0 Å². The number of carbonyl (C=O) groups excluding carboxylic acids is 2. The van der Waals surface area contributed by atoms with Crippen molar-refractivity contribution in [1.29, 1.82) is 0 Å². The number of halogens is 2. The molecule has 2 aromatic rings. The summed E-state index contributed by atoms with van der Waals surface area (Å²) in [5.74, 6) is -1.49. The highest BCUT2D eigenvalue weighted by Crippen LogP contribution is 2.14. The van der Waals surface area contributed by atoms with E-state index in [9.17, 15) is 18.4 Å². The van der Waals surface area contributed by atoms with Gasteiger partial charge in [-0.25, -0.2) is 8.78 Å². The van der Waals surface area contributed by atoms with Crippen LogP contribution in [0.3, 0.4) is 0 Å². The lowest BCUT2D eigenvalue weighted by atomic mass is 10.0. The Kier molecular flexibility index (Phi) is 6.13. The number of hydrogen-bond acceptors (Lipinski definition) is 3. The summed E-state index contributed by atoms with van der Waals surface area (Å²) in [6.45, 7) is 1.44. The largest absolute Gasteiger partial charge is 0.349 e. The maximum Gasteiger partial charge on any atom is 0.251 e. The van der Waals surface area contributed by atoms with Crippen molar-refractivity contribution < 1.29 is 18.4 Å². The highest BCUT2D eigenvalue weighted by Gasteiger charge is 2.22. The monoisotopic (exact) mass is 373 g/mol. The fraction of sp³-hybridized carbons (Fsp3) is 0.300. The van der Waals surface area contributed by atoms with Crippen LogP contribution >= 0.6 is 0 Å². The van der Waals surface area contributed by atoms with Crippen LogP contribution in [-0.2, 0) is 4.79 Å². The quantitative estimate of drug-likeness (QED) is 0.847. The highest BCUT2D eigenvalue weighted by molar-refractivity contribution is 5.94. The number of carbonyl (C=O) groups is 2. The maximum absolute atomic E-state index is 13.6. The first-order chi connectivity index (χ1) is 13.0. The second-order valence-electron chi connectivity index (χ2n) is 6.56. The van der Waals surface area contributed by atoms with E-state index in [0.29, 0.717) is 31.5 Å². The highest BCUT2D eigenvalue weighted by atomic mass is 19.1. The Morgan fingerprint density at radius 1 is 1.04 bits per heavy atom. The summed E-state index contributed by atoms with van der Waals surface area (Å²) in [5.41, 5.74) is 0.460. The zero-order valence-electron chi connectivity index (χ0n) is 14.8. The summed E-state index contributed by atoms with van der Waals surface area (Å²) < 4.78 is 26.8. The van der Waals surface area contributed by atoms with Gasteiger partial charge in [-0.3, -0.25) is 14.5 Å². The molecule has 1 aliphatic rings. The third kappa shape index (κ3) is 5.34. The van der Waals surface area contributed by atoms with E-state index in [1.54, 1.807) is 18.2 Å². The lowest BCUT2D eigenvalue weighted by Crippen LogP contribution is -2.46. The number of hydrogen-bond donors (Lipinski definition) is 2. The summed E-state index contributed by atoms with van der Waals surface area (Å²) in [4.78, 5) is 26.2. The van der Waals surface area contributed by atoms with Gasteiger partial charge in [0.05, 0.1) is 12.2 Å². The molecule has 0 spiro atoms. The second kappa shape index (κ2) is 8.73. The third-order valence-electron chi connectivity index (χ3n) is 4.52. The molecule has 7 heteroatoms. The van der Waals surface area contributed by atoms with Crippen molar-refractivity contribution >= 4 is 17.5 Å². The maximum atomic E-state index is 13.6. The molecule has 3 rings (SSSR count). The van der Waals surface area contributed by atoms with E-state index >= 15 is 0 Å². The molecule has 1 fully saturated rings. The van der Waals surface area contributed by atoms with E-state index in [-0.39, 0.29) is 30.1 Å². The molecule has 2 N–H and O–H groups in total. The van der Waals surface area contributed by atoms with Gasteiger partial charge in [-0.05, 0) is 43.2 Å². The molecule has 2 aromatic carbocycles. The van der Waals surface area contributed by atoms with Crippen LogP contribution in [0.15, 0.2) is 48.5 Å². The lowest BCUT2D eigenvalue weighted by molar-refractivity contribution is -0.117. The van der Waals surface area contributed by atoms with Crippen molar-refractivity contribution in [3.63, 3.8) is 0 Å². The van der Waals surface area contributed by atoms with Gasteiger partial charge in [0.25, 0.3) is 5.91 Å². The average molecular weight is 373 g/mol. The average Bonchev–Trinajstić information content (AvgIpc) is 2.65. The van der Waals surface area contributed by atoms with E-state index in [0.717, 1.165) is 0 Å². The first kappa shape index (κ1) is 19.0. The Morgan fingerprint density at radius 3 is 2.48 bits per heavy atom. The van der Waals surface area contributed by atoms with Crippen molar-refractivity contribution in [1.82, 2.24) is 10.2 Å². The molecule has 5 nitrogen and oxygen atoms in total. The SMILES string of the molecule is O=C(CN1CCC(NC(=O)c2cccc(F)c2)CC1)Nc1ccccc1F. The summed E-state index contributed by atoms with van der Waals surface area (Å²) >= 11 is 0. The Balaban J connectivity index is 1.44. The van der Waals surface area contributed by atoms with Gasteiger partial charge in [0.15, 0.2) is 0 Å². The molecule has 1 heterocycles. The fourth-order valence-corrected chi connectivity index (χ4v) is 3.09. The molecular formula is C20H21F2N3O2. The number of likely N-dealkylation sites (tertiary alicyclic amines) is 1. The number of nitrogens with zero attached hydrogens (tertiary/aromatic N) is 1. The summed E-state index contributed by atoms with van der Waals surface area (Å²) in [5, 5.41) is 5.47. The lowest BCUT2D eigenvalue weighted by Gasteiger charge is -2.31. The topological polar surface area (TPSA) is 61.4 Å². The number of benzene rings is 2.